The fourth-order valence-corrected chi connectivity index (χ4v) is 5.02. The number of likely N-dealkylation sites (tertiary alicyclic amines) is 1. The van der Waals surface area contributed by atoms with Crippen molar-refractivity contribution >= 4 is 33.4 Å². The Balaban J connectivity index is 1.27. The summed E-state index contributed by atoms with van der Waals surface area (Å²) in [4.78, 5) is 28.6. The van der Waals surface area contributed by atoms with Crippen LogP contribution in [0, 0.1) is 0 Å². The molecule has 2 N–H and O–H groups in total. The normalized spacial score (nSPS) is 14.7. The molecule has 9 nitrogen and oxygen atoms in total. The lowest BCUT2D eigenvalue weighted by Crippen LogP contribution is -2.46. The molecule has 1 heterocycles. The van der Waals surface area contributed by atoms with Crippen molar-refractivity contribution < 1.29 is 35.9 Å². The third-order valence-corrected chi connectivity index (χ3v) is 7.90. The van der Waals surface area contributed by atoms with Gasteiger partial charge in [0.1, 0.15) is 6.10 Å². The second-order valence-electron chi connectivity index (χ2n) is 9.64. The van der Waals surface area contributed by atoms with Crippen LogP contribution in [0.15, 0.2) is 84.9 Å². The molecule has 224 valence electrons. The van der Waals surface area contributed by atoms with E-state index in [9.17, 15) is 31.2 Å². The Morgan fingerprint density at radius 1 is 0.905 bits per heavy atom. The number of nitrogens with zero attached hydrogens (tertiary/aromatic N) is 2. The number of carbonyl (C=O) groups excluding carboxylic acids is 2. The third-order valence-electron chi connectivity index (χ3n) is 6.79. The molecule has 13 heteroatoms. The summed E-state index contributed by atoms with van der Waals surface area (Å²) in [6, 6.07) is 24.9. The number of sulfonamides is 1. The van der Waals surface area contributed by atoms with E-state index in [2.05, 4.69) is 5.32 Å². The van der Waals surface area contributed by atoms with Crippen molar-refractivity contribution in [2.75, 3.05) is 36.5 Å². The molecule has 0 unspecified atom stereocenters. The Morgan fingerprint density at radius 2 is 1.50 bits per heavy atom. The number of benzene rings is 3. The molecule has 4 rings (SSSR count). The maximum atomic E-state index is 13.0. The predicted octanol–water partition coefficient (Wildman–Crippen LogP) is 5.19. The van der Waals surface area contributed by atoms with Crippen LogP contribution >= 0.6 is 0 Å². The van der Waals surface area contributed by atoms with Gasteiger partial charge in [-0.1, -0.05) is 66.7 Å². The maximum Gasteiger partial charge on any atom is 0.511 e. The fourth-order valence-electron chi connectivity index (χ4n) is 4.55. The van der Waals surface area contributed by atoms with Gasteiger partial charge in [0.25, 0.3) is 0 Å². The van der Waals surface area contributed by atoms with Crippen LogP contribution in [0.25, 0.3) is 11.1 Å². The lowest BCUT2D eigenvalue weighted by molar-refractivity contribution is -0.119. The van der Waals surface area contributed by atoms with E-state index in [1.807, 2.05) is 53.4 Å². The molecule has 0 bridgehead atoms. The summed E-state index contributed by atoms with van der Waals surface area (Å²) in [7, 11) is -5.62. The summed E-state index contributed by atoms with van der Waals surface area (Å²) in [5.41, 5.74) is -2.78. The van der Waals surface area contributed by atoms with Gasteiger partial charge in [0.05, 0.1) is 12.4 Å². The minimum absolute atomic E-state index is 0.0507. The van der Waals surface area contributed by atoms with Gasteiger partial charge in [-0.25, -0.2) is 13.2 Å². The monoisotopic (exact) mass is 604 g/mol. The summed E-state index contributed by atoms with van der Waals surface area (Å²) in [6.07, 6.45) is 0.140. The van der Waals surface area contributed by atoms with E-state index in [0.717, 1.165) is 16.0 Å². The summed E-state index contributed by atoms with van der Waals surface area (Å²) in [6.45, 7) is 0.524. The van der Waals surface area contributed by atoms with Crippen molar-refractivity contribution in [3.05, 3.63) is 84.9 Å². The largest absolute Gasteiger partial charge is 0.511 e. The van der Waals surface area contributed by atoms with Gasteiger partial charge in [-0.15, -0.1) is 0 Å². The topological polar surface area (TPSA) is 108 Å². The quantitative estimate of drug-likeness (QED) is 0.309. The van der Waals surface area contributed by atoms with Gasteiger partial charge in [0.15, 0.2) is 0 Å². The Morgan fingerprint density at radius 3 is 2.14 bits per heavy atom. The average Bonchev–Trinajstić information content (AvgIpc) is 2.97. The minimum Gasteiger partial charge on any atom is -0.446 e. The van der Waals surface area contributed by atoms with Gasteiger partial charge in [-0.2, -0.15) is 17.9 Å². The van der Waals surface area contributed by atoms with E-state index < -0.39 is 34.2 Å². The molecule has 0 aromatic heterocycles. The second-order valence-corrected chi connectivity index (χ2v) is 11.4. The molecular weight excluding hydrogens is 573 g/mol. The Hall–Kier alpha value is -3.94. The van der Waals surface area contributed by atoms with Crippen LogP contribution in [0.5, 0.6) is 0 Å². The highest BCUT2D eigenvalue weighted by molar-refractivity contribution is 7.90. The van der Waals surface area contributed by atoms with Gasteiger partial charge in [0, 0.05) is 37.3 Å². The van der Waals surface area contributed by atoms with Crippen molar-refractivity contribution in [1.29, 1.82) is 0 Å². The van der Waals surface area contributed by atoms with Gasteiger partial charge in [0.2, 0.25) is 5.91 Å². The number of nitrogens with one attached hydrogen (secondary N) is 2. The van der Waals surface area contributed by atoms with E-state index >= 15 is 0 Å². The first-order chi connectivity index (χ1) is 20.0. The van der Waals surface area contributed by atoms with Crippen molar-refractivity contribution in [3.63, 3.8) is 0 Å². The fraction of sp³-hybridized carbons (Fsp3) is 0.310. The van der Waals surface area contributed by atoms with E-state index in [1.54, 1.807) is 24.3 Å². The highest BCUT2D eigenvalue weighted by Crippen LogP contribution is 2.28. The molecule has 3 aromatic carbocycles. The minimum atomic E-state index is -5.62. The number of alkyl halides is 3. The zero-order chi connectivity index (χ0) is 30.2. The second kappa shape index (κ2) is 13.8. The van der Waals surface area contributed by atoms with E-state index in [0.29, 0.717) is 38.2 Å². The average molecular weight is 605 g/mol. The van der Waals surface area contributed by atoms with Gasteiger partial charge >= 0.3 is 21.6 Å². The van der Waals surface area contributed by atoms with Crippen molar-refractivity contribution in [2.24, 2.45) is 0 Å². The number of hydrogen-bond donors (Lipinski definition) is 2. The molecule has 0 saturated carbocycles. The summed E-state index contributed by atoms with van der Waals surface area (Å²) < 4.78 is 68.4. The number of anilines is 2. The van der Waals surface area contributed by atoms with Crippen molar-refractivity contribution in [1.82, 2.24) is 9.62 Å². The van der Waals surface area contributed by atoms with Gasteiger partial charge in [-0.3, -0.25) is 15.0 Å². The molecule has 0 spiro atoms. The van der Waals surface area contributed by atoms with Crippen LogP contribution in [0.1, 0.15) is 19.3 Å². The first-order valence-electron chi connectivity index (χ1n) is 13.3. The van der Waals surface area contributed by atoms with Crippen LogP contribution < -0.4 is 14.9 Å². The Kier molecular flexibility index (Phi) is 10.2. The summed E-state index contributed by atoms with van der Waals surface area (Å²) in [5.74, 6) is -0.541. The first-order valence-corrected chi connectivity index (χ1v) is 14.8. The summed E-state index contributed by atoms with van der Waals surface area (Å²) >= 11 is 0. The number of ether oxygens (including phenoxy) is 1. The smallest absolute Gasteiger partial charge is 0.446 e. The standard InChI is InChI=1S/C29H31F3N4O5S/c30-29(31,32)42(39,40)33-21-36(23-11-5-2-6-12-23)27(37)17-20-35-18-15-24(16-19-35)41-28(38)34-26-14-8-7-13-25(26)22-9-3-1-4-10-22/h1-14,24,33H,15-21H2,(H,34,38). The Bertz CT molecular complexity index is 1450. The first kappa shape index (κ1) is 31.0. The number of hydrogen-bond acceptors (Lipinski definition) is 6. The number of piperidine rings is 1. The molecule has 42 heavy (non-hydrogen) atoms. The Labute approximate surface area is 242 Å². The zero-order valence-electron chi connectivity index (χ0n) is 22.6. The molecule has 1 fully saturated rings. The highest BCUT2D eigenvalue weighted by Gasteiger charge is 2.46. The predicted molar refractivity (Wildman–Crippen MR) is 153 cm³/mol. The van der Waals surface area contributed by atoms with Gasteiger partial charge in [-0.05, 0) is 36.6 Å². The molecule has 0 radical (unpaired) electrons. The SMILES string of the molecule is O=C(Nc1ccccc1-c1ccccc1)OC1CCN(CCC(=O)N(CNS(=O)(=O)C(F)(F)F)c2ccccc2)CC1. The number of halogens is 3. The molecule has 3 aromatic rings. The van der Waals surface area contributed by atoms with Crippen LogP contribution in [0.3, 0.4) is 0 Å². The van der Waals surface area contributed by atoms with E-state index in [-0.39, 0.29) is 18.2 Å². The molecule has 1 aliphatic heterocycles. The highest BCUT2D eigenvalue weighted by atomic mass is 32.2. The van der Waals surface area contributed by atoms with E-state index in [4.69, 9.17) is 4.74 Å². The molecule has 0 atom stereocenters. The van der Waals surface area contributed by atoms with Crippen LogP contribution in [-0.2, 0) is 19.6 Å². The van der Waals surface area contributed by atoms with Crippen LogP contribution in [0.4, 0.5) is 29.3 Å². The van der Waals surface area contributed by atoms with E-state index in [1.165, 1.54) is 16.9 Å². The van der Waals surface area contributed by atoms with Crippen molar-refractivity contribution in [3.8, 4) is 11.1 Å². The van der Waals surface area contributed by atoms with Crippen LogP contribution in [-0.4, -0.2) is 63.2 Å². The number of para-hydroxylation sites is 2. The van der Waals surface area contributed by atoms with Crippen LogP contribution in [0.2, 0.25) is 0 Å². The maximum absolute atomic E-state index is 13.0. The zero-order valence-corrected chi connectivity index (χ0v) is 23.4. The van der Waals surface area contributed by atoms with Gasteiger partial charge < -0.3 is 9.64 Å². The third kappa shape index (κ3) is 8.30. The molecule has 1 saturated heterocycles. The molecule has 2 amide bonds. The van der Waals surface area contributed by atoms with Crippen molar-refractivity contribution in [2.45, 2.75) is 30.9 Å². The molecule has 0 aliphatic carbocycles. The number of carbonyl (C=O) groups is 2. The lowest BCUT2D eigenvalue weighted by Gasteiger charge is -2.32. The molecular formula is C29H31F3N4O5S. The number of amides is 2. The molecule has 1 aliphatic rings. The lowest BCUT2D eigenvalue weighted by atomic mass is 10.0. The summed E-state index contributed by atoms with van der Waals surface area (Å²) in [5, 5.41) is 2.82. The number of rotatable bonds is 10.